The minimum Gasteiger partial charge on any atom is -0.433 e. The van der Waals surface area contributed by atoms with Gasteiger partial charge in [-0.25, -0.2) is 4.99 Å². The summed E-state index contributed by atoms with van der Waals surface area (Å²) in [5.41, 5.74) is 7.60. The molecule has 0 aromatic heterocycles. The maximum atomic E-state index is 12.6. The third-order valence-electron chi connectivity index (χ3n) is 3.01. The van der Waals surface area contributed by atoms with Gasteiger partial charge in [-0.2, -0.15) is 8.78 Å². The molecule has 0 saturated carbocycles. The molecular weight excluding hydrogens is 418 g/mol. The number of nitrogens with two attached hydrogens (primary N) is 1. The summed E-state index contributed by atoms with van der Waals surface area (Å²) in [6.45, 7) is 2.60. The summed E-state index contributed by atoms with van der Waals surface area (Å²) in [6, 6.07) is 4.19. The Hall–Kier alpha value is -1.70. The molecule has 25 heavy (non-hydrogen) atoms. The lowest BCUT2D eigenvalue weighted by Crippen LogP contribution is -2.12. The van der Waals surface area contributed by atoms with Crippen LogP contribution in [0.2, 0.25) is 5.02 Å². The summed E-state index contributed by atoms with van der Waals surface area (Å²) in [5.74, 6) is -0.0989. The molecule has 0 aliphatic heterocycles. The van der Waals surface area contributed by atoms with Gasteiger partial charge in [-0.05, 0) is 36.8 Å². The Kier molecular flexibility index (Phi) is 8.82. The zero-order valence-electron chi connectivity index (χ0n) is 13.7. The topological polar surface area (TPSA) is 56.8 Å². The van der Waals surface area contributed by atoms with Crippen molar-refractivity contribution in [3.8, 4) is 5.75 Å². The van der Waals surface area contributed by atoms with Gasteiger partial charge in [0.1, 0.15) is 5.69 Å². The fourth-order valence-electron chi connectivity index (χ4n) is 1.75. The largest absolute Gasteiger partial charge is 0.433 e. The predicted octanol–water partition coefficient (Wildman–Crippen LogP) is 5.36. The Morgan fingerprint density at radius 1 is 1.48 bits per heavy atom. The Bertz CT molecular complexity index is 719. The lowest BCUT2D eigenvalue weighted by Gasteiger charge is -2.11. The van der Waals surface area contributed by atoms with Crippen molar-refractivity contribution in [3.05, 3.63) is 57.7 Å². The number of hydrogen-bond acceptors (Lipinski definition) is 4. The molecule has 0 saturated heterocycles. The molecule has 8 heteroatoms. The fraction of sp³-hybridized carbons (Fsp3) is 0.235. The van der Waals surface area contributed by atoms with E-state index in [4.69, 9.17) is 22.1 Å². The van der Waals surface area contributed by atoms with E-state index in [2.05, 4.69) is 32.2 Å². The monoisotopic (exact) mass is 434 g/mol. The summed E-state index contributed by atoms with van der Waals surface area (Å²) in [4.78, 5) is 4.39. The molecule has 0 aliphatic carbocycles. The molecular formula is C17H18BrClF2N2O2. The SMILES string of the molecule is C=C/C(Br)=C\C(=Nc1cc(Cl)ccc1OC(F)F)/C(C)=C(\N)COC. The Balaban J connectivity index is 3.52. The van der Waals surface area contributed by atoms with Crippen LogP contribution in [-0.4, -0.2) is 26.0 Å². The Morgan fingerprint density at radius 2 is 2.16 bits per heavy atom. The van der Waals surface area contributed by atoms with Crippen molar-refractivity contribution in [3.63, 3.8) is 0 Å². The summed E-state index contributed by atoms with van der Waals surface area (Å²) < 4.78 is 35.4. The Labute approximate surface area is 158 Å². The van der Waals surface area contributed by atoms with Crippen LogP contribution < -0.4 is 10.5 Å². The number of halogens is 4. The lowest BCUT2D eigenvalue weighted by atomic mass is 10.1. The molecule has 2 N–H and O–H groups in total. The summed E-state index contributed by atoms with van der Waals surface area (Å²) >= 11 is 9.26. The van der Waals surface area contributed by atoms with Crippen molar-refractivity contribution in [1.29, 1.82) is 0 Å². The number of methoxy groups -OCH3 is 1. The average molecular weight is 436 g/mol. The number of hydrogen-bond donors (Lipinski definition) is 1. The van der Waals surface area contributed by atoms with Gasteiger partial charge in [-0.15, -0.1) is 0 Å². The normalized spacial score (nSPS) is 13.7. The average Bonchev–Trinajstić information content (AvgIpc) is 2.55. The molecule has 0 aliphatic rings. The highest BCUT2D eigenvalue weighted by atomic mass is 79.9. The van der Waals surface area contributed by atoms with E-state index in [9.17, 15) is 8.78 Å². The zero-order chi connectivity index (χ0) is 19.0. The van der Waals surface area contributed by atoms with Gasteiger partial charge in [0.25, 0.3) is 0 Å². The number of alkyl halides is 2. The summed E-state index contributed by atoms with van der Waals surface area (Å²) in [5, 5.41) is 0.331. The number of ether oxygens (including phenoxy) is 2. The van der Waals surface area contributed by atoms with Crippen LogP contribution in [0.1, 0.15) is 6.92 Å². The maximum absolute atomic E-state index is 12.6. The van der Waals surface area contributed by atoms with E-state index in [-0.39, 0.29) is 18.0 Å². The van der Waals surface area contributed by atoms with Crippen molar-refractivity contribution in [2.45, 2.75) is 13.5 Å². The number of aliphatic imine (C=N–C) groups is 1. The standard InChI is InChI=1S/C17H18BrClF2N2O2/c1-4-11(18)7-14(10(2)13(22)9-24-3)23-15-8-12(19)5-6-16(15)25-17(20)21/h4-8,17H,1,9,22H2,2-3H3/b11-7+,13-10-,23-14?. The highest BCUT2D eigenvalue weighted by Gasteiger charge is 2.12. The molecule has 0 unspecified atom stereocenters. The van der Waals surface area contributed by atoms with Crippen LogP contribution in [-0.2, 0) is 4.74 Å². The first-order valence-electron chi connectivity index (χ1n) is 7.05. The second kappa shape index (κ2) is 10.3. The lowest BCUT2D eigenvalue weighted by molar-refractivity contribution is -0.0494. The van der Waals surface area contributed by atoms with Crippen LogP contribution in [0.3, 0.4) is 0 Å². The number of nitrogens with zero attached hydrogens (tertiary/aromatic N) is 1. The zero-order valence-corrected chi connectivity index (χ0v) is 16.1. The van der Waals surface area contributed by atoms with Gasteiger partial charge in [0.2, 0.25) is 0 Å². The van der Waals surface area contributed by atoms with Crippen molar-refractivity contribution >= 4 is 38.9 Å². The third-order valence-corrected chi connectivity index (χ3v) is 3.80. The minimum absolute atomic E-state index is 0.0989. The van der Waals surface area contributed by atoms with Crippen LogP contribution in [0.5, 0.6) is 5.75 Å². The van der Waals surface area contributed by atoms with Gasteiger partial charge in [0.15, 0.2) is 5.75 Å². The minimum atomic E-state index is -2.98. The first-order chi connectivity index (χ1) is 11.8. The summed E-state index contributed by atoms with van der Waals surface area (Å²) in [7, 11) is 1.51. The summed E-state index contributed by atoms with van der Waals surface area (Å²) in [6.07, 6.45) is 3.21. The van der Waals surface area contributed by atoms with Gasteiger partial charge < -0.3 is 15.2 Å². The van der Waals surface area contributed by atoms with Crippen LogP contribution in [0.25, 0.3) is 0 Å². The van der Waals surface area contributed by atoms with Gasteiger partial charge in [0.05, 0.1) is 12.3 Å². The van der Waals surface area contributed by atoms with Crippen LogP contribution in [0.4, 0.5) is 14.5 Å². The van der Waals surface area contributed by atoms with E-state index in [1.807, 2.05) is 0 Å². The molecule has 1 aromatic rings. The Morgan fingerprint density at radius 3 is 2.72 bits per heavy atom. The molecule has 1 aromatic carbocycles. The molecule has 1 rings (SSSR count). The molecule has 0 amide bonds. The molecule has 0 heterocycles. The van der Waals surface area contributed by atoms with E-state index in [1.165, 1.54) is 25.3 Å². The third kappa shape index (κ3) is 6.97. The molecule has 0 spiro atoms. The quantitative estimate of drug-likeness (QED) is 0.442. The van der Waals surface area contributed by atoms with Crippen molar-refractivity contribution in [2.75, 3.05) is 13.7 Å². The van der Waals surface area contributed by atoms with Crippen LogP contribution >= 0.6 is 27.5 Å². The van der Waals surface area contributed by atoms with Gasteiger partial charge in [-0.3, -0.25) is 0 Å². The first kappa shape index (κ1) is 21.3. The molecule has 0 bridgehead atoms. The van der Waals surface area contributed by atoms with Crippen LogP contribution in [0.15, 0.2) is 57.7 Å². The van der Waals surface area contributed by atoms with Crippen molar-refractivity contribution in [1.82, 2.24) is 0 Å². The van der Waals surface area contributed by atoms with Crippen molar-refractivity contribution < 1.29 is 18.3 Å². The first-order valence-corrected chi connectivity index (χ1v) is 8.22. The molecule has 136 valence electrons. The molecule has 0 atom stereocenters. The van der Waals surface area contributed by atoms with Crippen molar-refractivity contribution in [2.24, 2.45) is 10.7 Å². The van der Waals surface area contributed by atoms with E-state index in [1.54, 1.807) is 19.1 Å². The predicted molar refractivity (Wildman–Crippen MR) is 101 cm³/mol. The second-order valence-corrected chi connectivity index (χ2v) is 6.16. The van der Waals surface area contributed by atoms with E-state index >= 15 is 0 Å². The van der Waals surface area contributed by atoms with Gasteiger partial charge >= 0.3 is 6.61 Å². The smallest absolute Gasteiger partial charge is 0.387 e. The molecule has 0 fully saturated rings. The highest BCUT2D eigenvalue weighted by Crippen LogP contribution is 2.33. The van der Waals surface area contributed by atoms with E-state index in [0.29, 0.717) is 26.5 Å². The van der Waals surface area contributed by atoms with E-state index in [0.717, 1.165) is 0 Å². The number of benzene rings is 1. The molecule has 0 radical (unpaired) electrons. The maximum Gasteiger partial charge on any atom is 0.387 e. The number of allylic oxidation sites excluding steroid dienone is 4. The van der Waals surface area contributed by atoms with Crippen LogP contribution in [0, 0.1) is 0 Å². The molecule has 4 nitrogen and oxygen atoms in total. The van der Waals surface area contributed by atoms with Gasteiger partial charge in [-0.1, -0.05) is 40.2 Å². The number of rotatable bonds is 8. The van der Waals surface area contributed by atoms with E-state index < -0.39 is 6.61 Å². The van der Waals surface area contributed by atoms with Gasteiger partial charge in [0, 0.05) is 22.3 Å². The second-order valence-electron chi connectivity index (χ2n) is 4.80. The fourth-order valence-corrected chi connectivity index (χ4v) is 2.13. The highest BCUT2D eigenvalue weighted by molar-refractivity contribution is 9.11.